The van der Waals surface area contributed by atoms with E-state index in [1.54, 1.807) is 12.1 Å². The number of carbonyl (C=O) groups excluding carboxylic acids is 2. The van der Waals surface area contributed by atoms with Gasteiger partial charge in [-0.25, -0.2) is 0 Å². The molecule has 7 nitrogen and oxygen atoms in total. The lowest BCUT2D eigenvalue weighted by Crippen LogP contribution is -2.41. The molecule has 1 saturated carbocycles. The first-order valence-electron chi connectivity index (χ1n) is 9.65. The summed E-state index contributed by atoms with van der Waals surface area (Å²) in [6.07, 6.45) is 5.77. The standard InChI is InChI=1S/C21H26BrN3O4/c1-3-28-18-10-14(9-16(22)20(18)29-12-19(24)26)8-15(11-23)21(27)25-17-7-5-4-6-13(17)2/h8-10,13,17H,3-7,12H2,1-2H3,(H2,24,26)(H,25,27). The van der Waals surface area contributed by atoms with Crippen molar-refractivity contribution in [3.8, 4) is 17.6 Å². The van der Waals surface area contributed by atoms with Gasteiger partial charge in [-0.15, -0.1) is 0 Å². The molecule has 2 atom stereocenters. The molecule has 1 aromatic rings. The molecule has 1 aromatic carbocycles. The molecule has 3 N–H and O–H groups in total. The monoisotopic (exact) mass is 463 g/mol. The zero-order valence-corrected chi connectivity index (χ0v) is 18.3. The highest BCUT2D eigenvalue weighted by Gasteiger charge is 2.24. The summed E-state index contributed by atoms with van der Waals surface area (Å²) in [5.41, 5.74) is 5.75. The van der Waals surface area contributed by atoms with Crippen LogP contribution in [-0.4, -0.2) is 31.1 Å². The predicted molar refractivity (Wildman–Crippen MR) is 113 cm³/mol. The zero-order valence-electron chi connectivity index (χ0n) is 16.7. The molecule has 2 amide bonds. The van der Waals surface area contributed by atoms with Gasteiger partial charge in [-0.3, -0.25) is 9.59 Å². The van der Waals surface area contributed by atoms with E-state index in [9.17, 15) is 14.9 Å². The normalized spacial score (nSPS) is 19.2. The third kappa shape index (κ3) is 6.50. The Balaban J connectivity index is 2.26. The van der Waals surface area contributed by atoms with Crippen LogP contribution in [-0.2, 0) is 9.59 Å². The predicted octanol–water partition coefficient (Wildman–Crippen LogP) is 3.31. The van der Waals surface area contributed by atoms with Crippen LogP contribution in [0, 0.1) is 17.2 Å². The molecule has 0 aromatic heterocycles. The molecule has 0 saturated heterocycles. The summed E-state index contributed by atoms with van der Waals surface area (Å²) in [6.45, 7) is 4.01. The topological polar surface area (TPSA) is 114 Å². The molecule has 0 spiro atoms. The van der Waals surface area contributed by atoms with Gasteiger partial charge in [0.05, 0.1) is 11.1 Å². The molecule has 0 heterocycles. The molecular formula is C21H26BrN3O4. The van der Waals surface area contributed by atoms with Crippen molar-refractivity contribution in [3.05, 3.63) is 27.7 Å². The highest BCUT2D eigenvalue weighted by atomic mass is 79.9. The number of carbonyl (C=O) groups is 2. The van der Waals surface area contributed by atoms with Crippen LogP contribution in [0.1, 0.15) is 45.1 Å². The molecule has 8 heteroatoms. The van der Waals surface area contributed by atoms with E-state index in [1.165, 1.54) is 12.5 Å². The van der Waals surface area contributed by atoms with E-state index >= 15 is 0 Å². The second-order valence-electron chi connectivity index (χ2n) is 7.03. The lowest BCUT2D eigenvalue weighted by atomic mass is 9.86. The molecule has 29 heavy (non-hydrogen) atoms. The van der Waals surface area contributed by atoms with Crippen LogP contribution in [0.25, 0.3) is 6.08 Å². The molecule has 1 aliphatic rings. The van der Waals surface area contributed by atoms with E-state index in [-0.39, 0.29) is 24.1 Å². The molecule has 156 valence electrons. The van der Waals surface area contributed by atoms with Crippen molar-refractivity contribution in [2.24, 2.45) is 11.7 Å². The van der Waals surface area contributed by atoms with Crippen LogP contribution in [0.5, 0.6) is 11.5 Å². The Morgan fingerprint density at radius 2 is 2.07 bits per heavy atom. The van der Waals surface area contributed by atoms with Crippen molar-refractivity contribution < 1.29 is 19.1 Å². The first-order chi connectivity index (χ1) is 13.8. The molecule has 2 unspecified atom stereocenters. The Labute approximate surface area is 179 Å². The zero-order chi connectivity index (χ0) is 21.4. The maximum Gasteiger partial charge on any atom is 0.262 e. The molecule has 0 aliphatic heterocycles. The van der Waals surface area contributed by atoms with Crippen molar-refractivity contribution in [2.45, 2.75) is 45.6 Å². The van der Waals surface area contributed by atoms with Crippen molar-refractivity contribution in [3.63, 3.8) is 0 Å². The molecular weight excluding hydrogens is 438 g/mol. The number of amides is 2. The van der Waals surface area contributed by atoms with Crippen LogP contribution in [0.3, 0.4) is 0 Å². The Bertz CT molecular complexity index is 832. The molecule has 1 fully saturated rings. The first-order valence-corrected chi connectivity index (χ1v) is 10.4. The fourth-order valence-corrected chi connectivity index (χ4v) is 3.88. The molecule has 1 aliphatic carbocycles. The average molecular weight is 464 g/mol. The summed E-state index contributed by atoms with van der Waals surface area (Å²) >= 11 is 3.38. The largest absolute Gasteiger partial charge is 0.490 e. The summed E-state index contributed by atoms with van der Waals surface area (Å²) in [4.78, 5) is 23.6. The Morgan fingerprint density at radius 3 is 2.69 bits per heavy atom. The van der Waals surface area contributed by atoms with Gasteiger partial charge in [-0.05, 0) is 65.4 Å². The summed E-state index contributed by atoms with van der Waals surface area (Å²) in [5, 5.41) is 12.5. The van der Waals surface area contributed by atoms with E-state index in [4.69, 9.17) is 15.2 Å². The van der Waals surface area contributed by atoms with Crippen LogP contribution < -0.4 is 20.5 Å². The summed E-state index contributed by atoms with van der Waals surface area (Å²) in [7, 11) is 0. The van der Waals surface area contributed by atoms with Gasteiger partial charge in [-0.2, -0.15) is 5.26 Å². The Morgan fingerprint density at radius 1 is 1.34 bits per heavy atom. The summed E-state index contributed by atoms with van der Waals surface area (Å²) < 4.78 is 11.5. The second kappa shape index (κ2) is 10.9. The molecule has 0 radical (unpaired) electrons. The number of ether oxygens (including phenoxy) is 2. The number of halogens is 1. The van der Waals surface area contributed by atoms with Gasteiger partial charge in [0.25, 0.3) is 11.8 Å². The highest BCUT2D eigenvalue weighted by molar-refractivity contribution is 9.10. The maximum absolute atomic E-state index is 12.6. The quantitative estimate of drug-likeness (QED) is 0.453. The fraction of sp³-hybridized carbons (Fsp3) is 0.476. The summed E-state index contributed by atoms with van der Waals surface area (Å²) in [5.74, 6) is 0.126. The van der Waals surface area contributed by atoms with Crippen molar-refractivity contribution >= 4 is 33.8 Å². The lowest BCUT2D eigenvalue weighted by molar-refractivity contribution is -0.120. The minimum absolute atomic E-state index is 0.0166. The Kier molecular flexibility index (Phi) is 8.52. The number of nitrogens with two attached hydrogens (primary N) is 1. The smallest absolute Gasteiger partial charge is 0.262 e. The van der Waals surface area contributed by atoms with E-state index < -0.39 is 5.91 Å². The van der Waals surface area contributed by atoms with Crippen LogP contribution in [0.15, 0.2) is 22.2 Å². The number of nitrogens with one attached hydrogen (secondary N) is 1. The SMILES string of the molecule is CCOc1cc(C=C(C#N)C(=O)NC2CCCCC2C)cc(Br)c1OCC(N)=O. The van der Waals surface area contributed by atoms with E-state index in [0.29, 0.717) is 34.1 Å². The number of hydrogen-bond acceptors (Lipinski definition) is 5. The lowest BCUT2D eigenvalue weighted by Gasteiger charge is -2.29. The Hall–Kier alpha value is -2.53. The van der Waals surface area contributed by atoms with Gasteiger partial charge in [-0.1, -0.05) is 19.8 Å². The van der Waals surface area contributed by atoms with Gasteiger partial charge < -0.3 is 20.5 Å². The maximum atomic E-state index is 12.6. The van der Waals surface area contributed by atoms with E-state index in [2.05, 4.69) is 28.2 Å². The minimum atomic E-state index is -0.608. The molecule has 0 bridgehead atoms. The van der Waals surface area contributed by atoms with Crippen LogP contribution in [0.4, 0.5) is 0 Å². The third-order valence-electron chi connectivity index (χ3n) is 4.79. The number of nitrogens with zero attached hydrogens (tertiary/aromatic N) is 1. The number of benzene rings is 1. The van der Waals surface area contributed by atoms with Gasteiger partial charge in [0.2, 0.25) is 0 Å². The first kappa shape index (κ1) is 22.8. The number of hydrogen-bond donors (Lipinski definition) is 2. The minimum Gasteiger partial charge on any atom is -0.490 e. The van der Waals surface area contributed by atoms with Crippen molar-refractivity contribution in [2.75, 3.05) is 13.2 Å². The van der Waals surface area contributed by atoms with Crippen molar-refractivity contribution in [1.29, 1.82) is 5.26 Å². The third-order valence-corrected chi connectivity index (χ3v) is 5.38. The van der Waals surface area contributed by atoms with Gasteiger partial charge in [0, 0.05) is 6.04 Å². The van der Waals surface area contributed by atoms with Crippen LogP contribution >= 0.6 is 15.9 Å². The summed E-state index contributed by atoms with van der Waals surface area (Å²) in [6, 6.07) is 5.41. The van der Waals surface area contributed by atoms with E-state index in [1.807, 2.05) is 13.0 Å². The number of nitriles is 1. The fourth-order valence-electron chi connectivity index (χ4n) is 3.31. The highest BCUT2D eigenvalue weighted by Crippen LogP contribution is 2.37. The second-order valence-corrected chi connectivity index (χ2v) is 7.88. The van der Waals surface area contributed by atoms with E-state index in [0.717, 1.165) is 19.3 Å². The number of rotatable bonds is 8. The van der Waals surface area contributed by atoms with Crippen molar-refractivity contribution in [1.82, 2.24) is 5.32 Å². The van der Waals surface area contributed by atoms with Gasteiger partial charge in [0.1, 0.15) is 11.6 Å². The van der Waals surface area contributed by atoms with Crippen LogP contribution in [0.2, 0.25) is 0 Å². The van der Waals surface area contributed by atoms with Gasteiger partial charge >= 0.3 is 0 Å². The van der Waals surface area contributed by atoms with Gasteiger partial charge in [0.15, 0.2) is 18.1 Å². The average Bonchev–Trinajstić information content (AvgIpc) is 2.67. The number of primary amides is 1. The molecule has 2 rings (SSSR count).